The molecule has 0 aromatic rings. The van der Waals surface area contributed by atoms with Gasteiger partial charge in [-0.3, -0.25) is 9.59 Å². The molecule has 2 N–H and O–H groups in total. The van der Waals surface area contributed by atoms with Crippen LogP contribution in [0.4, 0.5) is 8.78 Å². The Hall–Kier alpha value is -2.40. The van der Waals surface area contributed by atoms with Gasteiger partial charge < -0.3 is 19.8 Å². The molecule has 9 nitrogen and oxygen atoms in total. The van der Waals surface area contributed by atoms with Crippen molar-refractivity contribution in [3.63, 3.8) is 0 Å². The van der Waals surface area contributed by atoms with Crippen molar-refractivity contribution < 1.29 is 43.2 Å². The number of rotatable bonds is 6. The van der Waals surface area contributed by atoms with Crippen LogP contribution in [0.5, 0.6) is 0 Å². The molecule has 0 spiro atoms. The summed E-state index contributed by atoms with van der Waals surface area (Å²) in [4.78, 5) is 38.6. The van der Waals surface area contributed by atoms with Gasteiger partial charge in [0, 0.05) is 23.2 Å². The number of allylic oxidation sites excluding steroid dienone is 4. The highest BCUT2D eigenvalue weighted by atomic mass is 19.1. The van der Waals surface area contributed by atoms with Gasteiger partial charge >= 0.3 is 5.97 Å². The number of nitrogens with zero attached hydrogens (tertiary/aromatic N) is 1. The van der Waals surface area contributed by atoms with E-state index in [1.54, 1.807) is 6.92 Å². The summed E-state index contributed by atoms with van der Waals surface area (Å²) in [7, 11) is 0. The maximum absolute atomic E-state index is 16.9. The molecule has 11 heteroatoms. The number of aliphatic hydroxyl groups excluding tert-OH is 2. The third-order valence-corrected chi connectivity index (χ3v) is 8.54. The lowest BCUT2D eigenvalue weighted by molar-refractivity contribution is -0.757. The molecule has 0 heterocycles. The molecule has 2 unspecified atom stereocenters. The number of fused-ring (bicyclic) bond motifs is 5. The summed E-state index contributed by atoms with van der Waals surface area (Å²) in [5.41, 5.74) is -4.81. The van der Waals surface area contributed by atoms with Crippen LogP contribution >= 0.6 is 0 Å². The molecule has 3 fully saturated rings. The van der Waals surface area contributed by atoms with Gasteiger partial charge in [0.1, 0.15) is 12.3 Å². The van der Waals surface area contributed by atoms with Gasteiger partial charge in [-0.1, -0.05) is 13.0 Å². The fraction of sp³-hybridized carbons (Fsp3) is 0.739. The molecular formula is C23H29F2NO8. The maximum atomic E-state index is 16.9. The van der Waals surface area contributed by atoms with E-state index in [4.69, 9.17) is 4.74 Å². The molecule has 0 radical (unpaired) electrons. The Morgan fingerprint density at radius 3 is 2.68 bits per heavy atom. The summed E-state index contributed by atoms with van der Waals surface area (Å²) >= 11 is 0. The third kappa shape index (κ3) is 3.55. The maximum Gasteiger partial charge on any atom is 0.306 e. The van der Waals surface area contributed by atoms with E-state index in [1.165, 1.54) is 19.1 Å². The normalized spacial score (nSPS) is 45.0. The minimum absolute atomic E-state index is 0.0138. The standard InChI is InChI=1S/C23H29F2NO8/c1-21-11-18(29)23(25)14(9-16(24)15-8-12(27)5-6-22(15,23)2)13(21)10-17(28)20(21)34-19(30)4-3-7-33-26(31)32/h5-6,8,13-14,16-18,20,28-29H,3-4,7,9-11H2,1-2H3/t13?,14?,16-,17+,18-,20+,21-,22-,23-/m0/s1. The zero-order valence-corrected chi connectivity index (χ0v) is 19.0. The summed E-state index contributed by atoms with van der Waals surface area (Å²) in [6, 6.07) is 0. The molecule has 4 aliphatic rings. The summed E-state index contributed by atoms with van der Waals surface area (Å²) in [6.07, 6.45) is -2.19. The largest absolute Gasteiger partial charge is 0.459 e. The van der Waals surface area contributed by atoms with E-state index in [2.05, 4.69) is 4.84 Å². The summed E-state index contributed by atoms with van der Waals surface area (Å²) < 4.78 is 37.8. The molecule has 0 aliphatic heterocycles. The SMILES string of the molecule is C[C@]12C[C@H](O)[C@@]3(F)C(C[C@H](F)C4=CC(=O)C=C[C@@]43C)C1C[C@@H](O)[C@H]2OC(=O)CCCO[N+](=O)[O-]. The average molecular weight is 485 g/mol. The van der Waals surface area contributed by atoms with Crippen LogP contribution in [-0.4, -0.2) is 63.8 Å². The van der Waals surface area contributed by atoms with Gasteiger partial charge in [-0.25, -0.2) is 8.78 Å². The van der Waals surface area contributed by atoms with Gasteiger partial charge in [0.05, 0.1) is 18.8 Å². The van der Waals surface area contributed by atoms with Crippen LogP contribution < -0.4 is 0 Å². The molecule has 4 aliphatic carbocycles. The van der Waals surface area contributed by atoms with Crippen molar-refractivity contribution in [2.45, 2.75) is 76.1 Å². The molecule has 4 rings (SSSR count). The molecule has 34 heavy (non-hydrogen) atoms. The van der Waals surface area contributed by atoms with Crippen molar-refractivity contribution in [1.29, 1.82) is 0 Å². The Morgan fingerprint density at radius 2 is 2.00 bits per heavy atom. The summed E-state index contributed by atoms with van der Waals surface area (Å²) in [6.45, 7) is 2.90. The number of halogens is 2. The van der Waals surface area contributed by atoms with Gasteiger partial charge in [0.15, 0.2) is 11.5 Å². The second kappa shape index (κ2) is 8.37. The van der Waals surface area contributed by atoms with Crippen molar-refractivity contribution in [3.05, 3.63) is 33.9 Å². The quantitative estimate of drug-likeness (QED) is 0.253. The number of aliphatic hydroxyl groups is 2. The highest BCUT2D eigenvalue weighted by molar-refractivity contribution is 6.01. The number of ketones is 1. The Labute approximate surface area is 194 Å². The fourth-order valence-corrected chi connectivity index (χ4v) is 6.95. The van der Waals surface area contributed by atoms with Gasteiger partial charge in [-0.05, 0) is 56.3 Å². The zero-order valence-electron chi connectivity index (χ0n) is 19.0. The molecule has 0 aromatic heterocycles. The first kappa shape index (κ1) is 24.7. The lowest BCUT2D eigenvalue weighted by Crippen LogP contribution is -2.68. The van der Waals surface area contributed by atoms with E-state index >= 15 is 8.78 Å². The van der Waals surface area contributed by atoms with Crippen molar-refractivity contribution in [1.82, 2.24) is 0 Å². The van der Waals surface area contributed by atoms with Crippen LogP contribution in [-0.2, 0) is 19.2 Å². The predicted octanol–water partition coefficient (Wildman–Crippen LogP) is 2.18. The second-order valence-electron chi connectivity index (χ2n) is 10.3. The summed E-state index contributed by atoms with van der Waals surface area (Å²) in [5, 5.41) is 31.2. The first-order valence-electron chi connectivity index (χ1n) is 11.5. The van der Waals surface area contributed by atoms with Crippen molar-refractivity contribution in [3.8, 4) is 0 Å². The molecule has 3 saturated carbocycles. The van der Waals surface area contributed by atoms with Gasteiger partial charge in [0.25, 0.3) is 5.09 Å². The molecule has 188 valence electrons. The predicted molar refractivity (Wildman–Crippen MR) is 112 cm³/mol. The van der Waals surface area contributed by atoms with Crippen LogP contribution in [0.1, 0.15) is 46.0 Å². The number of carbonyl (C=O) groups excluding carboxylic acids is 2. The monoisotopic (exact) mass is 485 g/mol. The van der Waals surface area contributed by atoms with E-state index in [1.807, 2.05) is 0 Å². The van der Waals surface area contributed by atoms with Crippen molar-refractivity contribution in [2.75, 3.05) is 6.61 Å². The number of hydrogen-bond donors (Lipinski definition) is 2. The minimum atomic E-state index is -2.28. The Morgan fingerprint density at radius 1 is 1.29 bits per heavy atom. The molecule has 0 saturated heterocycles. The van der Waals surface area contributed by atoms with E-state index in [-0.39, 0.29) is 44.3 Å². The summed E-state index contributed by atoms with van der Waals surface area (Å²) in [5.74, 6) is -2.71. The van der Waals surface area contributed by atoms with E-state index < -0.39 is 69.7 Å². The van der Waals surface area contributed by atoms with Crippen molar-refractivity contribution >= 4 is 11.8 Å². The van der Waals surface area contributed by atoms with Gasteiger partial charge in [-0.2, -0.15) is 0 Å². The van der Waals surface area contributed by atoms with Crippen LogP contribution in [0.3, 0.4) is 0 Å². The smallest absolute Gasteiger partial charge is 0.306 e. The van der Waals surface area contributed by atoms with Gasteiger partial charge in [0.2, 0.25) is 0 Å². The van der Waals surface area contributed by atoms with E-state index in [0.29, 0.717) is 0 Å². The first-order chi connectivity index (χ1) is 15.8. The lowest BCUT2D eigenvalue weighted by atomic mass is 9.45. The van der Waals surface area contributed by atoms with Crippen molar-refractivity contribution in [2.24, 2.45) is 22.7 Å². The van der Waals surface area contributed by atoms with Crippen LogP contribution in [0, 0.1) is 32.8 Å². The Balaban J connectivity index is 1.58. The Bertz CT molecular complexity index is 955. The average Bonchev–Trinajstić information content (AvgIpc) is 2.99. The number of hydrogen-bond acceptors (Lipinski definition) is 8. The highest BCUT2D eigenvalue weighted by Gasteiger charge is 2.73. The van der Waals surface area contributed by atoms with E-state index in [9.17, 15) is 29.9 Å². The zero-order chi connectivity index (χ0) is 25.1. The Kier molecular flexibility index (Phi) is 6.08. The highest BCUT2D eigenvalue weighted by Crippen LogP contribution is 2.68. The lowest BCUT2D eigenvalue weighted by Gasteiger charge is -2.62. The number of carbonyl (C=O) groups is 2. The van der Waals surface area contributed by atoms with Crippen LogP contribution in [0.2, 0.25) is 0 Å². The second-order valence-corrected chi connectivity index (χ2v) is 10.3. The minimum Gasteiger partial charge on any atom is -0.459 e. The molecule has 0 amide bonds. The molecule has 0 aromatic carbocycles. The number of ether oxygens (including phenoxy) is 1. The first-order valence-corrected chi connectivity index (χ1v) is 11.5. The molecular weight excluding hydrogens is 456 g/mol. The third-order valence-electron chi connectivity index (χ3n) is 8.54. The molecule has 9 atom stereocenters. The van der Waals surface area contributed by atoms with Crippen LogP contribution in [0.25, 0.3) is 0 Å². The van der Waals surface area contributed by atoms with Gasteiger partial charge in [-0.15, -0.1) is 10.1 Å². The number of alkyl halides is 2. The van der Waals surface area contributed by atoms with Crippen LogP contribution in [0.15, 0.2) is 23.8 Å². The van der Waals surface area contributed by atoms with E-state index in [0.717, 1.165) is 6.08 Å². The fourth-order valence-electron chi connectivity index (χ4n) is 6.95. The topological polar surface area (TPSA) is 136 Å². The molecule has 0 bridgehead atoms. The number of esters is 1.